The van der Waals surface area contributed by atoms with Gasteiger partial charge in [0.2, 0.25) is 5.95 Å². The molecule has 0 saturated heterocycles. The van der Waals surface area contributed by atoms with Gasteiger partial charge in [-0.1, -0.05) is 60.1 Å². The zero-order valence-corrected chi connectivity index (χ0v) is 25.2. The highest BCUT2D eigenvalue weighted by atomic mass is 35.5. The van der Waals surface area contributed by atoms with Crippen molar-refractivity contribution < 1.29 is 13.2 Å². The lowest BCUT2D eigenvalue weighted by molar-refractivity contribution is 0.410. The number of nitrogens with two attached hydrogens (primary N) is 1. The van der Waals surface area contributed by atoms with Gasteiger partial charge in [-0.2, -0.15) is 0 Å². The molecule has 4 aromatic carbocycles. The maximum absolute atomic E-state index is 13.3. The third kappa shape index (κ3) is 6.29. The fraction of sp³-hybridized carbons (Fsp3) is 0.212. The Kier molecular flexibility index (Phi) is 8.21. The molecule has 1 heterocycles. The van der Waals surface area contributed by atoms with E-state index in [0.29, 0.717) is 34.6 Å². The van der Waals surface area contributed by atoms with Crippen molar-refractivity contribution in [2.75, 3.05) is 10.0 Å². The summed E-state index contributed by atoms with van der Waals surface area (Å²) >= 11 is 6.21. The van der Waals surface area contributed by atoms with Crippen molar-refractivity contribution in [2.24, 2.45) is 5.73 Å². The van der Waals surface area contributed by atoms with Gasteiger partial charge in [0.1, 0.15) is 16.4 Å². The van der Waals surface area contributed by atoms with E-state index < -0.39 is 10.0 Å². The minimum Gasteiger partial charge on any atom is -0.456 e. The van der Waals surface area contributed by atoms with E-state index in [1.165, 1.54) is 6.07 Å². The van der Waals surface area contributed by atoms with Gasteiger partial charge in [-0.15, -0.1) is 0 Å². The largest absolute Gasteiger partial charge is 0.456 e. The van der Waals surface area contributed by atoms with Crippen LogP contribution in [0.2, 0.25) is 5.02 Å². The molecule has 0 radical (unpaired) electrons. The second-order valence-corrected chi connectivity index (χ2v) is 12.8. The molecule has 1 saturated carbocycles. The first-order valence-electron chi connectivity index (χ1n) is 14.2. The van der Waals surface area contributed by atoms with E-state index in [9.17, 15) is 8.42 Å². The molecule has 0 unspecified atom stereocenters. The molecule has 1 aromatic heterocycles. The van der Waals surface area contributed by atoms with Crippen molar-refractivity contribution in [1.82, 2.24) is 9.97 Å². The molecular formula is C33H32ClN5O3S. The van der Waals surface area contributed by atoms with E-state index in [-0.39, 0.29) is 16.0 Å². The third-order valence-electron chi connectivity index (χ3n) is 7.69. The van der Waals surface area contributed by atoms with Gasteiger partial charge in [-0.25, -0.2) is 18.4 Å². The van der Waals surface area contributed by atoms with Crippen LogP contribution in [0.15, 0.2) is 96.0 Å². The van der Waals surface area contributed by atoms with Crippen LogP contribution in [0.3, 0.4) is 0 Å². The zero-order chi connectivity index (χ0) is 30.0. The van der Waals surface area contributed by atoms with Gasteiger partial charge >= 0.3 is 0 Å². The lowest BCUT2D eigenvalue weighted by Gasteiger charge is -2.26. The Morgan fingerprint density at radius 2 is 1.60 bits per heavy atom. The Morgan fingerprint density at radius 1 is 0.907 bits per heavy atom. The molecule has 43 heavy (non-hydrogen) atoms. The van der Waals surface area contributed by atoms with E-state index in [1.807, 2.05) is 61.5 Å². The fourth-order valence-electron chi connectivity index (χ4n) is 5.47. The number of halogens is 1. The number of anilines is 2. The van der Waals surface area contributed by atoms with Crippen LogP contribution < -0.4 is 20.5 Å². The van der Waals surface area contributed by atoms with Crippen molar-refractivity contribution in [3.8, 4) is 22.8 Å². The number of sulfonamides is 1. The molecule has 0 amide bonds. The van der Waals surface area contributed by atoms with E-state index in [1.54, 1.807) is 30.5 Å². The summed E-state index contributed by atoms with van der Waals surface area (Å²) in [5.74, 6) is 1.81. The Labute approximate surface area is 256 Å². The average Bonchev–Trinajstić information content (AvgIpc) is 3.00. The zero-order valence-electron chi connectivity index (χ0n) is 23.6. The number of hydrogen-bond donors (Lipinski definition) is 3. The number of aryl methyl sites for hydroxylation is 1. The summed E-state index contributed by atoms with van der Waals surface area (Å²) in [4.78, 5) is 9.28. The second kappa shape index (κ2) is 12.2. The van der Waals surface area contributed by atoms with Crippen LogP contribution in [0.4, 0.5) is 11.6 Å². The van der Waals surface area contributed by atoms with Gasteiger partial charge in [0.25, 0.3) is 10.0 Å². The number of nitrogens with one attached hydrogen (secondary N) is 2. The molecule has 0 atom stereocenters. The molecule has 220 valence electrons. The molecular weight excluding hydrogens is 582 g/mol. The molecule has 0 spiro atoms. The molecule has 10 heteroatoms. The molecule has 8 nitrogen and oxygen atoms in total. The first kappa shape index (κ1) is 28.9. The molecule has 1 fully saturated rings. The van der Waals surface area contributed by atoms with Gasteiger partial charge in [0.05, 0.1) is 16.4 Å². The summed E-state index contributed by atoms with van der Waals surface area (Å²) in [6, 6.07) is 25.8. The van der Waals surface area contributed by atoms with Crippen LogP contribution in [0.25, 0.3) is 22.0 Å². The number of ether oxygens (including phenoxy) is 1. The van der Waals surface area contributed by atoms with E-state index in [0.717, 1.165) is 47.9 Å². The Morgan fingerprint density at radius 3 is 2.40 bits per heavy atom. The van der Waals surface area contributed by atoms with Crippen molar-refractivity contribution >= 4 is 44.0 Å². The van der Waals surface area contributed by atoms with Crippen molar-refractivity contribution in [2.45, 2.75) is 49.6 Å². The van der Waals surface area contributed by atoms with Crippen LogP contribution in [0.1, 0.15) is 31.2 Å². The highest BCUT2D eigenvalue weighted by Crippen LogP contribution is 2.41. The highest BCUT2D eigenvalue weighted by Gasteiger charge is 2.22. The molecule has 0 bridgehead atoms. The summed E-state index contributed by atoms with van der Waals surface area (Å²) in [6.07, 6.45) is 5.70. The molecule has 4 N–H and O–H groups in total. The Hall–Kier alpha value is -4.18. The minimum atomic E-state index is -3.93. The van der Waals surface area contributed by atoms with Crippen LogP contribution in [-0.2, 0) is 10.0 Å². The third-order valence-corrected chi connectivity index (χ3v) is 9.55. The number of fused-ring (bicyclic) bond motifs is 1. The number of aromatic nitrogens is 2. The first-order valence-corrected chi connectivity index (χ1v) is 16.1. The van der Waals surface area contributed by atoms with Crippen molar-refractivity contribution in [3.05, 3.63) is 102 Å². The van der Waals surface area contributed by atoms with Crippen LogP contribution in [0, 0.1) is 6.92 Å². The lowest BCUT2D eigenvalue weighted by Crippen LogP contribution is -2.33. The van der Waals surface area contributed by atoms with Crippen molar-refractivity contribution in [1.29, 1.82) is 0 Å². The smallest absolute Gasteiger partial charge is 0.263 e. The second-order valence-electron chi connectivity index (χ2n) is 10.8. The SMILES string of the molecule is Cc1cc(NS(=O)(=O)c2ccccc2Cl)c2ccccc2c1Oc1ccccc1-c1ccnc(NC2CCC(N)CC2)n1. The maximum Gasteiger partial charge on any atom is 0.263 e. The van der Waals surface area contributed by atoms with E-state index >= 15 is 0 Å². The average molecular weight is 614 g/mol. The maximum atomic E-state index is 13.3. The van der Waals surface area contributed by atoms with Crippen LogP contribution in [0.5, 0.6) is 11.5 Å². The summed E-state index contributed by atoms with van der Waals surface area (Å²) in [5.41, 5.74) is 8.80. The van der Waals surface area contributed by atoms with Crippen LogP contribution >= 0.6 is 11.6 Å². The number of para-hydroxylation sites is 1. The lowest BCUT2D eigenvalue weighted by atomic mass is 9.92. The van der Waals surface area contributed by atoms with Crippen LogP contribution in [-0.4, -0.2) is 30.5 Å². The molecule has 5 aromatic rings. The summed E-state index contributed by atoms with van der Waals surface area (Å²) < 4.78 is 35.9. The van der Waals surface area contributed by atoms with E-state index in [4.69, 9.17) is 27.1 Å². The van der Waals surface area contributed by atoms with Gasteiger partial charge < -0.3 is 15.8 Å². The number of hydrogen-bond acceptors (Lipinski definition) is 7. The fourth-order valence-corrected chi connectivity index (χ4v) is 7.06. The predicted molar refractivity (Wildman–Crippen MR) is 172 cm³/mol. The van der Waals surface area contributed by atoms with Gasteiger partial charge in [-0.05, 0) is 74.6 Å². The van der Waals surface area contributed by atoms with Gasteiger partial charge in [-0.3, -0.25) is 4.72 Å². The standard InChI is InChI=1S/C33H32ClN5O3S/c1-21-20-29(39-43(40,41)31-13-7-5-11-27(31)34)24-8-2-3-9-25(24)32(21)42-30-12-6-4-10-26(30)28-18-19-36-33(38-28)37-23-16-14-22(35)15-17-23/h2-13,18-20,22-23,39H,14-17,35H2,1H3,(H,36,37,38). The van der Waals surface area contributed by atoms with Gasteiger partial charge in [0.15, 0.2) is 0 Å². The molecule has 1 aliphatic carbocycles. The summed E-state index contributed by atoms with van der Waals surface area (Å²) in [6.45, 7) is 1.89. The topological polar surface area (TPSA) is 119 Å². The first-order chi connectivity index (χ1) is 20.8. The Bertz CT molecular complexity index is 1890. The normalized spacial score (nSPS) is 17.0. The van der Waals surface area contributed by atoms with E-state index in [2.05, 4.69) is 15.0 Å². The Balaban J connectivity index is 1.33. The number of rotatable bonds is 8. The number of benzene rings is 4. The molecule has 0 aliphatic heterocycles. The number of nitrogens with zero attached hydrogens (tertiary/aromatic N) is 2. The predicted octanol–water partition coefficient (Wildman–Crippen LogP) is 7.53. The molecule has 1 aliphatic rings. The monoisotopic (exact) mass is 613 g/mol. The highest BCUT2D eigenvalue weighted by molar-refractivity contribution is 7.92. The quantitative estimate of drug-likeness (QED) is 0.165. The van der Waals surface area contributed by atoms with Gasteiger partial charge in [0, 0.05) is 34.6 Å². The minimum absolute atomic E-state index is 0.0124. The van der Waals surface area contributed by atoms with Crippen molar-refractivity contribution in [3.63, 3.8) is 0 Å². The molecule has 6 rings (SSSR count). The summed E-state index contributed by atoms with van der Waals surface area (Å²) in [7, 11) is -3.93. The summed E-state index contributed by atoms with van der Waals surface area (Å²) in [5, 5.41) is 5.07.